The lowest BCUT2D eigenvalue weighted by atomic mass is 10.1. The van der Waals surface area contributed by atoms with Crippen LogP contribution in [0.1, 0.15) is 26.3 Å². The number of hydrogen-bond acceptors (Lipinski definition) is 3. The van der Waals surface area contributed by atoms with Crippen LogP contribution in [0.3, 0.4) is 0 Å². The Morgan fingerprint density at radius 1 is 1.07 bits per heavy atom. The zero-order valence-electron chi connectivity index (χ0n) is 16.5. The van der Waals surface area contributed by atoms with Crippen molar-refractivity contribution in [3.63, 3.8) is 0 Å². The number of benzene rings is 2. The first-order valence-electron chi connectivity index (χ1n) is 9.41. The topological polar surface area (TPSA) is 38.9 Å². The van der Waals surface area contributed by atoms with Gasteiger partial charge in [-0.1, -0.05) is 35.3 Å². The molecule has 0 spiro atoms. The van der Waals surface area contributed by atoms with Crippen molar-refractivity contribution in [2.45, 2.75) is 26.8 Å². The average Bonchev–Trinajstić information content (AvgIpc) is 2.91. The maximum Gasteiger partial charge on any atom is 0.318 e. The van der Waals surface area contributed by atoms with Crippen molar-refractivity contribution in [1.82, 2.24) is 0 Å². The third kappa shape index (κ3) is 3.77. The Hall–Kier alpha value is -2.95. The number of carbonyl (C=O) groups is 1. The SMILES string of the molecule is CCN(CC)c1ccc(C=N[C@@H]2C(=O)N(c3ccccc3)[N+](C)=C2C)cc1. The Bertz CT molecular complexity index is 852. The van der Waals surface area contributed by atoms with E-state index in [0.29, 0.717) is 0 Å². The van der Waals surface area contributed by atoms with Crippen molar-refractivity contribution in [2.75, 3.05) is 30.0 Å². The lowest BCUT2D eigenvalue weighted by Gasteiger charge is -2.20. The van der Waals surface area contributed by atoms with E-state index in [1.807, 2.05) is 61.1 Å². The summed E-state index contributed by atoms with van der Waals surface area (Å²) >= 11 is 0. The maximum absolute atomic E-state index is 12.9. The zero-order chi connectivity index (χ0) is 19.4. The van der Waals surface area contributed by atoms with Gasteiger partial charge in [-0.05, 0) is 43.7 Å². The largest absolute Gasteiger partial charge is 0.372 e. The quantitative estimate of drug-likeness (QED) is 0.583. The van der Waals surface area contributed by atoms with E-state index < -0.39 is 6.04 Å². The molecule has 0 aromatic heterocycles. The lowest BCUT2D eigenvalue weighted by molar-refractivity contribution is -0.495. The number of nitrogens with zero attached hydrogens (tertiary/aromatic N) is 4. The average molecular weight is 363 g/mol. The van der Waals surface area contributed by atoms with Gasteiger partial charge in [0.15, 0.2) is 7.05 Å². The van der Waals surface area contributed by atoms with Crippen LogP contribution in [0.2, 0.25) is 0 Å². The van der Waals surface area contributed by atoms with E-state index in [2.05, 4.69) is 35.9 Å². The van der Waals surface area contributed by atoms with Gasteiger partial charge in [-0.25, -0.2) is 0 Å². The number of para-hydroxylation sites is 1. The molecule has 3 rings (SSSR count). The number of hydrogen-bond donors (Lipinski definition) is 0. The van der Waals surface area contributed by atoms with E-state index in [4.69, 9.17) is 0 Å². The molecule has 1 amide bonds. The highest BCUT2D eigenvalue weighted by Crippen LogP contribution is 2.21. The highest BCUT2D eigenvalue weighted by atomic mass is 16.2. The van der Waals surface area contributed by atoms with Crippen LogP contribution < -0.4 is 9.91 Å². The molecule has 0 saturated carbocycles. The number of rotatable bonds is 6. The number of amides is 1. The van der Waals surface area contributed by atoms with E-state index in [1.54, 1.807) is 11.2 Å². The summed E-state index contributed by atoms with van der Waals surface area (Å²) in [6.07, 6.45) is 1.79. The number of hydrazone groups is 1. The molecule has 2 aromatic carbocycles. The summed E-state index contributed by atoms with van der Waals surface area (Å²) in [6.45, 7) is 8.22. The Kier molecular flexibility index (Phi) is 5.69. The van der Waals surface area contributed by atoms with Gasteiger partial charge < -0.3 is 4.90 Å². The molecule has 2 aromatic rings. The van der Waals surface area contributed by atoms with Gasteiger partial charge in [0.05, 0.1) is 0 Å². The first-order valence-corrected chi connectivity index (χ1v) is 9.41. The molecule has 0 N–H and O–H groups in total. The van der Waals surface area contributed by atoms with Gasteiger partial charge >= 0.3 is 5.91 Å². The van der Waals surface area contributed by atoms with E-state index in [-0.39, 0.29) is 5.91 Å². The van der Waals surface area contributed by atoms with Crippen molar-refractivity contribution in [3.8, 4) is 0 Å². The zero-order valence-corrected chi connectivity index (χ0v) is 16.5. The third-order valence-electron chi connectivity index (χ3n) is 5.04. The molecule has 1 aliphatic heterocycles. The van der Waals surface area contributed by atoms with Gasteiger partial charge in [0.1, 0.15) is 5.69 Å². The van der Waals surface area contributed by atoms with E-state index >= 15 is 0 Å². The Balaban J connectivity index is 1.78. The summed E-state index contributed by atoms with van der Waals surface area (Å²) in [6, 6.07) is 17.5. The van der Waals surface area contributed by atoms with Crippen LogP contribution in [0.25, 0.3) is 0 Å². The first-order chi connectivity index (χ1) is 13.1. The van der Waals surface area contributed by atoms with Crippen molar-refractivity contribution < 1.29 is 9.48 Å². The maximum atomic E-state index is 12.9. The highest BCUT2D eigenvalue weighted by Gasteiger charge is 2.44. The smallest absolute Gasteiger partial charge is 0.318 e. The van der Waals surface area contributed by atoms with E-state index in [1.165, 1.54) is 5.69 Å². The summed E-state index contributed by atoms with van der Waals surface area (Å²) in [4.78, 5) is 19.8. The molecule has 0 aliphatic carbocycles. The second-order valence-electron chi connectivity index (χ2n) is 6.60. The summed E-state index contributed by atoms with van der Waals surface area (Å²) in [5.41, 5.74) is 3.96. The van der Waals surface area contributed by atoms with Gasteiger partial charge in [-0.3, -0.25) is 9.79 Å². The van der Waals surface area contributed by atoms with Crippen molar-refractivity contribution >= 4 is 29.2 Å². The molecule has 1 atom stereocenters. The molecule has 0 bridgehead atoms. The van der Waals surface area contributed by atoms with Gasteiger partial charge in [0.25, 0.3) is 0 Å². The molecule has 5 heteroatoms. The molecule has 0 fully saturated rings. The fraction of sp³-hybridized carbons (Fsp3) is 0.318. The van der Waals surface area contributed by atoms with Gasteiger partial charge in [0, 0.05) is 31.9 Å². The van der Waals surface area contributed by atoms with Crippen LogP contribution in [0, 0.1) is 0 Å². The fourth-order valence-corrected chi connectivity index (χ4v) is 3.34. The third-order valence-corrected chi connectivity index (χ3v) is 5.04. The molecular weight excluding hydrogens is 336 g/mol. The van der Waals surface area contributed by atoms with E-state index in [9.17, 15) is 4.79 Å². The molecule has 0 saturated heterocycles. The highest BCUT2D eigenvalue weighted by molar-refractivity contribution is 6.15. The van der Waals surface area contributed by atoms with Gasteiger partial charge in [-0.2, -0.15) is 0 Å². The number of hydrazine groups is 1. The minimum Gasteiger partial charge on any atom is -0.372 e. The molecule has 1 heterocycles. The molecule has 5 nitrogen and oxygen atoms in total. The van der Waals surface area contributed by atoms with Crippen LogP contribution in [0.15, 0.2) is 59.6 Å². The molecule has 1 aliphatic rings. The van der Waals surface area contributed by atoms with Crippen LogP contribution in [-0.4, -0.2) is 48.7 Å². The number of carbonyl (C=O) groups excluding carboxylic acids is 1. The van der Waals surface area contributed by atoms with Gasteiger partial charge in [0.2, 0.25) is 11.8 Å². The first kappa shape index (κ1) is 18.8. The molecule has 27 heavy (non-hydrogen) atoms. The Labute approximate surface area is 161 Å². The predicted octanol–water partition coefficient (Wildman–Crippen LogP) is 3.39. The van der Waals surface area contributed by atoms with Crippen LogP contribution >= 0.6 is 0 Å². The van der Waals surface area contributed by atoms with Crippen molar-refractivity contribution in [1.29, 1.82) is 0 Å². The van der Waals surface area contributed by atoms with Crippen molar-refractivity contribution in [2.24, 2.45) is 4.99 Å². The van der Waals surface area contributed by atoms with E-state index in [0.717, 1.165) is 30.1 Å². The van der Waals surface area contributed by atoms with Crippen molar-refractivity contribution in [3.05, 3.63) is 60.2 Å². The van der Waals surface area contributed by atoms with Crippen LogP contribution in [0.5, 0.6) is 0 Å². The molecule has 140 valence electrons. The Morgan fingerprint density at radius 3 is 2.30 bits per heavy atom. The molecule has 0 radical (unpaired) electrons. The number of anilines is 2. The van der Waals surface area contributed by atoms with Gasteiger partial charge in [-0.15, -0.1) is 4.68 Å². The monoisotopic (exact) mass is 363 g/mol. The van der Waals surface area contributed by atoms with Crippen LogP contribution in [-0.2, 0) is 4.79 Å². The number of aliphatic imine (C=N–C) groups is 1. The van der Waals surface area contributed by atoms with Crippen LogP contribution in [0.4, 0.5) is 11.4 Å². The minimum absolute atomic E-state index is 0.0304. The second-order valence-corrected chi connectivity index (χ2v) is 6.60. The Morgan fingerprint density at radius 2 is 1.70 bits per heavy atom. The molecular formula is C22H27N4O+. The summed E-state index contributed by atoms with van der Waals surface area (Å²) < 4.78 is 1.88. The fourth-order valence-electron chi connectivity index (χ4n) is 3.34. The summed E-state index contributed by atoms with van der Waals surface area (Å²) in [5, 5.41) is 1.68. The molecule has 0 unspecified atom stereocenters. The minimum atomic E-state index is -0.488. The normalized spacial score (nSPS) is 17.3. The second kappa shape index (κ2) is 8.16. The standard InChI is InChI=1S/C22H27N4O/c1-5-25(6-2)19-14-12-18(13-15-19)16-23-21-17(3)24(4)26(22(21)27)20-10-8-7-9-11-20/h7-16,21H,5-6H2,1-4H3/q+1/t21-/m0/s1. The summed E-state index contributed by atoms with van der Waals surface area (Å²) in [5.74, 6) is -0.0304. The predicted molar refractivity (Wildman–Crippen MR) is 112 cm³/mol. The lowest BCUT2D eigenvalue weighted by Crippen LogP contribution is -2.35. The summed E-state index contributed by atoms with van der Waals surface area (Å²) in [7, 11) is 1.90.